The van der Waals surface area contributed by atoms with Crippen molar-refractivity contribution in [3.8, 4) is 22.5 Å². The Morgan fingerprint density at radius 3 is 1.58 bits per heavy atom. The summed E-state index contributed by atoms with van der Waals surface area (Å²) in [6.45, 7) is 4.15. The number of pyridine rings is 2. The number of rotatable bonds is 3. The molecule has 0 atom stereocenters. The molecule has 178 valence electrons. The molecule has 0 fully saturated rings. The Kier molecular flexibility index (Phi) is 6.40. The Hall–Kier alpha value is -4.23. The second-order valence-electron chi connectivity index (χ2n) is 8.44. The van der Waals surface area contributed by atoms with Gasteiger partial charge in [0.2, 0.25) is 0 Å². The van der Waals surface area contributed by atoms with Crippen LogP contribution in [0.5, 0.6) is 0 Å². The third kappa shape index (κ3) is 4.53. The SMILES string of the molecule is Cc1c(-c2ccc(Br)cc2)[nH]c2ncccc12.Cc1c(-c2ccc(C(=O)O)cc2)[nH]c2ncccc12. The van der Waals surface area contributed by atoms with Crippen molar-refractivity contribution in [3.63, 3.8) is 0 Å². The number of aromatic nitrogens is 4. The summed E-state index contributed by atoms with van der Waals surface area (Å²) in [7, 11) is 0. The molecule has 0 aliphatic rings. The number of aromatic carboxylic acids is 1. The summed E-state index contributed by atoms with van der Waals surface area (Å²) < 4.78 is 1.09. The average molecular weight is 539 g/mol. The van der Waals surface area contributed by atoms with Gasteiger partial charge in [-0.05, 0) is 84.6 Å². The highest BCUT2D eigenvalue weighted by Crippen LogP contribution is 2.30. The molecular weight excluding hydrogens is 516 g/mol. The van der Waals surface area contributed by atoms with Crippen molar-refractivity contribution in [2.45, 2.75) is 13.8 Å². The lowest BCUT2D eigenvalue weighted by molar-refractivity contribution is 0.0697. The first-order chi connectivity index (χ1) is 17.4. The van der Waals surface area contributed by atoms with Crippen LogP contribution in [-0.2, 0) is 0 Å². The van der Waals surface area contributed by atoms with E-state index in [1.54, 1.807) is 30.5 Å². The molecule has 0 radical (unpaired) electrons. The van der Waals surface area contributed by atoms with E-state index in [2.05, 4.69) is 61.0 Å². The number of H-pyrrole nitrogens is 2. The predicted octanol–water partition coefficient (Wildman–Crippen LogP) is 7.54. The maximum absolute atomic E-state index is 10.8. The van der Waals surface area contributed by atoms with Crippen molar-refractivity contribution in [1.82, 2.24) is 19.9 Å². The summed E-state index contributed by atoms with van der Waals surface area (Å²) in [6, 6.07) is 23.1. The Labute approximate surface area is 216 Å². The van der Waals surface area contributed by atoms with Crippen LogP contribution in [0.15, 0.2) is 89.7 Å². The van der Waals surface area contributed by atoms with Gasteiger partial charge < -0.3 is 15.1 Å². The molecule has 6 nitrogen and oxygen atoms in total. The molecule has 0 unspecified atom stereocenters. The van der Waals surface area contributed by atoms with Gasteiger partial charge in [-0.15, -0.1) is 0 Å². The van der Waals surface area contributed by atoms with Gasteiger partial charge in [0, 0.05) is 27.6 Å². The lowest BCUT2D eigenvalue weighted by atomic mass is 10.1. The number of aromatic amines is 2. The third-order valence-electron chi connectivity index (χ3n) is 6.21. The maximum Gasteiger partial charge on any atom is 0.335 e. The highest BCUT2D eigenvalue weighted by molar-refractivity contribution is 9.10. The number of hydrogen-bond acceptors (Lipinski definition) is 3. The minimum Gasteiger partial charge on any atom is -0.478 e. The lowest BCUT2D eigenvalue weighted by Gasteiger charge is -2.01. The van der Waals surface area contributed by atoms with Crippen LogP contribution in [0.25, 0.3) is 44.6 Å². The molecule has 36 heavy (non-hydrogen) atoms. The van der Waals surface area contributed by atoms with Crippen LogP contribution in [0.4, 0.5) is 0 Å². The number of carbonyl (C=O) groups is 1. The second-order valence-corrected chi connectivity index (χ2v) is 9.35. The summed E-state index contributed by atoms with van der Waals surface area (Å²) in [5, 5.41) is 11.2. The van der Waals surface area contributed by atoms with E-state index in [-0.39, 0.29) is 5.56 Å². The summed E-state index contributed by atoms with van der Waals surface area (Å²) in [5.74, 6) is -0.915. The zero-order chi connectivity index (χ0) is 25.2. The molecule has 4 aromatic heterocycles. The van der Waals surface area contributed by atoms with E-state index in [0.717, 1.165) is 43.7 Å². The molecule has 0 saturated carbocycles. The molecule has 6 aromatic rings. The molecule has 2 aromatic carbocycles. The van der Waals surface area contributed by atoms with Gasteiger partial charge in [-0.25, -0.2) is 14.8 Å². The van der Waals surface area contributed by atoms with Crippen molar-refractivity contribution in [3.05, 3.63) is 106 Å². The minimum atomic E-state index is -0.915. The highest BCUT2D eigenvalue weighted by Gasteiger charge is 2.11. The molecule has 0 saturated heterocycles. The van der Waals surface area contributed by atoms with E-state index in [1.807, 2.05) is 43.5 Å². The topological polar surface area (TPSA) is 94.7 Å². The highest BCUT2D eigenvalue weighted by atomic mass is 79.9. The van der Waals surface area contributed by atoms with Gasteiger partial charge in [-0.1, -0.05) is 40.2 Å². The Balaban J connectivity index is 0.000000149. The van der Waals surface area contributed by atoms with Gasteiger partial charge in [0.25, 0.3) is 0 Å². The number of carboxylic acid groups (broad SMARTS) is 1. The van der Waals surface area contributed by atoms with Crippen molar-refractivity contribution < 1.29 is 9.90 Å². The van der Waals surface area contributed by atoms with E-state index in [0.29, 0.717) is 0 Å². The molecule has 6 rings (SSSR count). The Morgan fingerprint density at radius 2 is 1.17 bits per heavy atom. The van der Waals surface area contributed by atoms with Crippen LogP contribution in [0.2, 0.25) is 0 Å². The number of carboxylic acids is 1. The number of fused-ring (bicyclic) bond motifs is 2. The van der Waals surface area contributed by atoms with Crippen LogP contribution in [-0.4, -0.2) is 31.0 Å². The number of benzene rings is 2. The minimum absolute atomic E-state index is 0.288. The lowest BCUT2D eigenvalue weighted by Crippen LogP contribution is -1.95. The smallest absolute Gasteiger partial charge is 0.335 e. The number of halogens is 1. The molecule has 0 amide bonds. The van der Waals surface area contributed by atoms with Gasteiger partial charge in [-0.3, -0.25) is 0 Å². The number of nitrogens with one attached hydrogen (secondary N) is 2. The molecule has 0 aliphatic carbocycles. The number of hydrogen-bond donors (Lipinski definition) is 3. The van der Waals surface area contributed by atoms with E-state index in [9.17, 15) is 4.79 Å². The first kappa shape index (κ1) is 23.5. The Morgan fingerprint density at radius 1 is 0.722 bits per heavy atom. The van der Waals surface area contributed by atoms with Crippen molar-refractivity contribution in [2.24, 2.45) is 0 Å². The monoisotopic (exact) mass is 538 g/mol. The molecule has 4 heterocycles. The van der Waals surface area contributed by atoms with Crippen LogP contribution in [0.1, 0.15) is 21.5 Å². The van der Waals surface area contributed by atoms with Gasteiger partial charge in [0.15, 0.2) is 0 Å². The van der Waals surface area contributed by atoms with E-state index in [1.165, 1.54) is 16.5 Å². The summed E-state index contributed by atoms with van der Waals surface area (Å²) in [5.41, 5.74) is 8.71. The van der Waals surface area contributed by atoms with E-state index in [4.69, 9.17) is 5.11 Å². The summed E-state index contributed by atoms with van der Waals surface area (Å²) in [6.07, 6.45) is 3.55. The zero-order valence-corrected chi connectivity index (χ0v) is 21.3. The first-order valence-corrected chi connectivity index (χ1v) is 12.2. The fourth-order valence-corrected chi connectivity index (χ4v) is 4.55. The van der Waals surface area contributed by atoms with Gasteiger partial charge >= 0.3 is 5.97 Å². The molecule has 0 aliphatic heterocycles. The van der Waals surface area contributed by atoms with Gasteiger partial charge in [0.1, 0.15) is 11.3 Å². The normalized spacial score (nSPS) is 10.9. The average Bonchev–Trinajstić information content (AvgIpc) is 3.42. The Bertz CT molecular complexity index is 1680. The molecule has 7 heteroatoms. The standard InChI is InChI=1S/C15H12N2O2.C14H11BrN2/c1-9-12-3-2-8-16-14(12)17-13(9)10-4-6-11(7-5-10)15(18)19;1-9-12-3-2-8-16-14(12)17-13(9)10-4-6-11(15)7-5-10/h2-8H,1H3,(H,16,17)(H,18,19);2-8H,1H3,(H,16,17). The summed E-state index contributed by atoms with van der Waals surface area (Å²) in [4.78, 5) is 26.1. The molecule has 0 bridgehead atoms. The first-order valence-electron chi connectivity index (χ1n) is 11.4. The fraction of sp³-hybridized carbons (Fsp3) is 0.0690. The quantitative estimate of drug-likeness (QED) is 0.217. The number of nitrogens with zero attached hydrogens (tertiary/aromatic N) is 2. The van der Waals surface area contributed by atoms with E-state index >= 15 is 0 Å². The van der Waals surface area contributed by atoms with Crippen LogP contribution >= 0.6 is 15.9 Å². The maximum atomic E-state index is 10.8. The predicted molar refractivity (Wildman–Crippen MR) is 147 cm³/mol. The summed E-state index contributed by atoms with van der Waals surface area (Å²) >= 11 is 3.45. The molecular formula is C29H23BrN4O2. The molecule has 3 N–H and O–H groups in total. The fourth-order valence-electron chi connectivity index (χ4n) is 4.28. The van der Waals surface area contributed by atoms with Crippen molar-refractivity contribution in [2.75, 3.05) is 0 Å². The van der Waals surface area contributed by atoms with Crippen molar-refractivity contribution >= 4 is 44.0 Å². The largest absolute Gasteiger partial charge is 0.478 e. The third-order valence-corrected chi connectivity index (χ3v) is 6.74. The van der Waals surface area contributed by atoms with Crippen LogP contribution < -0.4 is 0 Å². The second kappa shape index (κ2) is 9.79. The van der Waals surface area contributed by atoms with E-state index < -0.39 is 5.97 Å². The van der Waals surface area contributed by atoms with Crippen molar-refractivity contribution in [1.29, 1.82) is 0 Å². The van der Waals surface area contributed by atoms with Gasteiger partial charge in [-0.2, -0.15) is 0 Å². The van der Waals surface area contributed by atoms with Gasteiger partial charge in [0.05, 0.1) is 17.0 Å². The van der Waals surface area contributed by atoms with Crippen LogP contribution in [0, 0.1) is 13.8 Å². The molecule has 0 spiro atoms. The zero-order valence-electron chi connectivity index (χ0n) is 19.7. The van der Waals surface area contributed by atoms with Crippen LogP contribution in [0.3, 0.4) is 0 Å². The number of aryl methyl sites for hydroxylation is 2.